The Morgan fingerprint density at radius 3 is 2.42 bits per heavy atom. The van der Waals surface area contributed by atoms with Crippen molar-refractivity contribution in [1.82, 2.24) is 5.32 Å². The first-order chi connectivity index (χ1) is 8.68. The van der Waals surface area contributed by atoms with Crippen LogP contribution in [0.4, 0.5) is 0 Å². The summed E-state index contributed by atoms with van der Waals surface area (Å²) in [6, 6.07) is 0. The van der Waals surface area contributed by atoms with Crippen molar-refractivity contribution in [2.75, 3.05) is 13.1 Å². The average molecular weight is 285 g/mol. The van der Waals surface area contributed by atoms with Gasteiger partial charge in [-0.15, -0.1) is 5.70 Å². The topological polar surface area (TPSA) is 62.8 Å². The highest BCUT2D eigenvalue weighted by molar-refractivity contribution is 6.43. The Hall–Kier alpha value is -0.683. The Morgan fingerprint density at radius 2 is 1.89 bits per heavy atom. The minimum absolute atomic E-state index is 0.0519. The highest BCUT2D eigenvalue weighted by Gasteiger charge is 2.26. The monoisotopic (exact) mass is 284 g/mol. The molecule has 0 heterocycles. The van der Waals surface area contributed by atoms with E-state index >= 15 is 0 Å². The number of nitrogens with two attached hydrogens (primary N) is 1. The molecule has 0 saturated carbocycles. The molecule has 0 saturated heterocycles. The molecule has 19 heavy (non-hydrogen) atoms. The van der Waals surface area contributed by atoms with Crippen molar-refractivity contribution in [2.24, 2.45) is 21.6 Å². The van der Waals surface area contributed by atoms with Crippen molar-refractivity contribution in [1.29, 1.82) is 0 Å². The summed E-state index contributed by atoms with van der Waals surface area (Å²) in [5, 5.41) is 10.6. The third-order valence-corrected chi connectivity index (χ3v) is 4.42. The smallest absolute Gasteiger partial charge is 0.0745 e. The first-order valence-corrected chi connectivity index (χ1v) is 8.81. The maximum absolute atomic E-state index is 4.98. The molecule has 0 rings (SSSR count). The van der Waals surface area contributed by atoms with Gasteiger partial charge in [0.1, 0.15) is 0 Å². The Labute approximate surface area is 121 Å². The molecule has 0 aliphatic rings. The minimum atomic E-state index is -0.0519. The third-order valence-electron chi connectivity index (χ3n) is 2.97. The quantitative estimate of drug-likeness (QED) is 0.225. The molecule has 0 bridgehead atoms. The highest BCUT2D eigenvalue weighted by Crippen LogP contribution is 2.29. The lowest BCUT2D eigenvalue weighted by atomic mass is 9.80. The van der Waals surface area contributed by atoms with Crippen LogP contribution in [-0.2, 0) is 0 Å². The van der Waals surface area contributed by atoms with Gasteiger partial charge in [-0.25, -0.2) is 0 Å². The molecule has 0 aromatic carbocycles. The third kappa shape index (κ3) is 10.9. The second kappa shape index (κ2) is 8.48. The summed E-state index contributed by atoms with van der Waals surface area (Å²) >= 11 is 0. The zero-order valence-electron chi connectivity index (χ0n) is 13.5. The summed E-state index contributed by atoms with van der Waals surface area (Å²) in [5.74, 6) is 4.98. The van der Waals surface area contributed by atoms with E-state index < -0.39 is 0 Å². The van der Waals surface area contributed by atoms with Crippen LogP contribution in [0.2, 0.25) is 5.54 Å². The highest BCUT2D eigenvalue weighted by atomic mass is 28.2. The summed E-state index contributed by atoms with van der Waals surface area (Å²) in [4.78, 5) is 0. The van der Waals surface area contributed by atoms with Crippen LogP contribution in [0.5, 0.6) is 0 Å². The van der Waals surface area contributed by atoms with Crippen LogP contribution in [0, 0.1) is 5.41 Å². The van der Waals surface area contributed by atoms with Gasteiger partial charge in [-0.2, -0.15) is 5.11 Å². The molecule has 0 unspecified atom stereocenters. The van der Waals surface area contributed by atoms with Crippen LogP contribution < -0.4 is 11.2 Å². The van der Waals surface area contributed by atoms with Gasteiger partial charge < -0.3 is 11.2 Å². The second-order valence-electron chi connectivity index (χ2n) is 6.99. The van der Waals surface area contributed by atoms with Crippen molar-refractivity contribution in [2.45, 2.75) is 59.0 Å². The maximum Gasteiger partial charge on any atom is 0.0745 e. The Morgan fingerprint density at radius 1 is 1.26 bits per heavy atom. The number of hydrogen-bond acceptors (Lipinski definition) is 3. The molecule has 0 aromatic heterocycles. The van der Waals surface area contributed by atoms with Gasteiger partial charge in [-0.3, -0.25) is 0 Å². The second-order valence-corrected chi connectivity index (χ2v) is 9.56. The fourth-order valence-electron chi connectivity index (χ4n) is 2.42. The van der Waals surface area contributed by atoms with Gasteiger partial charge in [0.25, 0.3) is 0 Å². The normalized spacial score (nSPS) is 14.7. The van der Waals surface area contributed by atoms with Crippen LogP contribution >= 0.6 is 0 Å². The molecule has 5 heteroatoms. The lowest BCUT2D eigenvalue weighted by Gasteiger charge is -2.34. The van der Waals surface area contributed by atoms with Crippen molar-refractivity contribution in [3.05, 3.63) is 11.8 Å². The van der Waals surface area contributed by atoms with E-state index in [1.54, 1.807) is 0 Å². The van der Waals surface area contributed by atoms with E-state index in [-0.39, 0.29) is 20.5 Å². The van der Waals surface area contributed by atoms with Crippen molar-refractivity contribution in [3.63, 3.8) is 0 Å². The lowest BCUT2D eigenvalue weighted by Crippen LogP contribution is -2.43. The van der Waals surface area contributed by atoms with Crippen molar-refractivity contribution in [3.8, 4) is 0 Å². The Balaban J connectivity index is 4.24. The summed E-state index contributed by atoms with van der Waals surface area (Å²) in [5.41, 5.74) is 3.63. The molecule has 0 fully saturated rings. The average Bonchev–Trinajstić information content (AvgIpc) is 2.22. The molecule has 0 aliphatic carbocycles. The molecule has 0 amide bonds. The molecule has 3 N–H and O–H groups in total. The first-order valence-electron chi connectivity index (χ1n) is 7.18. The van der Waals surface area contributed by atoms with Crippen LogP contribution in [0.25, 0.3) is 0 Å². The van der Waals surface area contributed by atoms with E-state index in [1.807, 2.05) is 0 Å². The molecule has 0 radical (unpaired) electrons. The molecule has 112 valence electrons. The van der Waals surface area contributed by atoms with E-state index in [0.29, 0.717) is 6.54 Å². The number of rotatable bonds is 9. The largest absolute Gasteiger partial charge is 0.310 e. The van der Waals surface area contributed by atoms with Crippen LogP contribution in [0.1, 0.15) is 48.0 Å². The number of nitrogens with zero attached hydrogens (tertiary/aromatic N) is 2. The predicted molar refractivity (Wildman–Crippen MR) is 87.2 cm³/mol. The summed E-state index contributed by atoms with van der Waals surface area (Å²) in [7, 11) is -0.0519. The van der Waals surface area contributed by atoms with Crippen molar-refractivity contribution < 1.29 is 0 Å². The first kappa shape index (κ1) is 18.3. The van der Waals surface area contributed by atoms with Gasteiger partial charge >= 0.3 is 0 Å². The van der Waals surface area contributed by atoms with Gasteiger partial charge in [0.2, 0.25) is 0 Å². The molecular formula is C14H32N4Si. The zero-order chi connectivity index (χ0) is 14.9. The van der Waals surface area contributed by atoms with Gasteiger partial charge in [-0.1, -0.05) is 44.5 Å². The fraction of sp³-hybridized carbons (Fsp3) is 0.857. The minimum Gasteiger partial charge on any atom is -0.310 e. The summed E-state index contributed by atoms with van der Waals surface area (Å²) in [6.45, 7) is 15.2. The van der Waals surface area contributed by atoms with E-state index in [9.17, 15) is 0 Å². The molecule has 0 atom stereocenters. The Bertz CT molecular complexity index is 296. The summed E-state index contributed by atoms with van der Waals surface area (Å²) in [6.07, 6.45) is 3.50. The van der Waals surface area contributed by atoms with E-state index in [4.69, 9.17) is 5.84 Å². The maximum atomic E-state index is 4.98. The van der Waals surface area contributed by atoms with E-state index in [0.717, 1.165) is 18.5 Å². The number of nitrogens with one attached hydrogen (secondary N) is 1. The van der Waals surface area contributed by atoms with Gasteiger partial charge in [-0.05, 0) is 25.7 Å². The molecule has 4 nitrogen and oxygen atoms in total. The van der Waals surface area contributed by atoms with Crippen LogP contribution in [0.15, 0.2) is 22.1 Å². The predicted octanol–water partition coefficient (Wildman–Crippen LogP) is 2.61. The van der Waals surface area contributed by atoms with Gasteiger partial charge in [0.05, 0.1) is 6.54 Å². The van der Waals surface area contributed by atoms with Crippen LogP contribution in [-0.4, -0.2) is 28.1 Å². The number of hydrogen-bond donors (Lipinski definition) is 2. The standard InChI is InChI=1S/C14H32N4Si/c1-12(2)19-10-7-13(3,4)11-14(5,6)16-8-9-17-18-15/h7,10,12,16H,8-9,11,19H2,1-6H3,(H2,15,17). The van der Waals surface area contributed by atoms with Gasteiger partial charge in [0.15, 0.2) is 0 Å². The van der Waals surface area contributed by atoms with Crippen molar-refractivity contribution >= 4 is 9.52 Å². The lowest BCUT2D eigenvalue weighted by molar-refractivity contribution is 0.271. The molecular weight excluding hydrogens is 252 g/mol. The Kier molecular flexibility index (Phi) is 8.18. The fourth-order valence-corrected chi connectivity index (χ4v) is 3.74. The SMILES string of the molecule is CC(C)[SiH2]C=CC(C)(C)CC(C)(C)NCCN=NN. The van der Waals surface area contributed by atoms with Gasteiger partial charge in [0, 0.05) is 21.6 Å². The summed E-state index contributed by atoms with van der Waals surface area (Å²) < 4.78 is 0. The van der Waals surface area contributed by atoms with E-state index in [2.05, 4.69) is 69.0 Å². The van der Waals surface area contributed by atoms with Crippen LogP contribution in [0.3, 0.4) is 0 Å². The van der Waals surface area contributed by atoms with E-state index in [1.165, 1.54) is 0 Å². The molecule has 0 spiro atoms. The zero-order valence-corrected chi connectivity index (χ0v) is 14.9. The number of allylic oxidation sites excluding steroid dienone is 1. The molecule has 0 aliphatic heterocycles. The molecule has 0 aromatic rings.